The summed E-state index contributed by atoms with van der Waals surface area (Å²) in [7, 11) is 1.53. The highest BCUT2D eigenvalue weighted by Crippen LogP contribution is 2.37. The van der Waals surface area contributed by atoms with E-state index in [9.17, 15) is 14.4 Å². The van der Waals surface area contributed by atoms with Crippen molar-refractivity contribution in [3.63, 3.8) is 0 Å². The lowest BCUT2D eigenvalue weighted by Gasteiger charge is -2.18. The van der Waals surface area contributed by atoms with Crippen LogP contribution >= 0.6 is 35.0 Å². The van der Waals surface area contributed by atoms with Gasteiger partial charge in [-0.15, -0.1) is 11.8 Å². The first-order chi connectivity index (χ1) is 22.8. The summed E-state index contributed by atoms with van der Waals surface area (Å²) in [4.78, 5) is 40.7. The van der Waals surface area contributed by atoms with Gasteiger partial charge in [0, 0.05) is 26.9 Å². The van der Waals surface area contributed by atoms with Gasteiger partial charge in [0.2, 0.25) is 5.91 Å². The van der Waals surface area contributed by atoms with Gasteiger partial charge in [-0.3, -0.25) is 14.4 Å². The van der Waals surface area contributed by atoms with E-state index in [-0.39, 0.29) is 11.6 Å². The molecule has 1 atom stereocenters. The molecule has 3 amide bonds. The van der Waals surface area contributed by atoms with E-state index < -0.39 is 17.1 Å². The summed E-state index contributed by atoms with van der Waals surface area (Å²) in [5.41, 5.74) is 2.95. The fraction of sp³-hybridized carbons (Fsp3) is 0.0541. The lowest BCUT2D eigenvalue weighted by Crippen LogP contribution is -2.30. The van der Waals surface area contributed by atoms with E-state index in [0.717, 1.165) is 10.5 Å². The first kappa shape index (κ1) is 33.3. The van der Waals surface area contributed by atoms with E-state index in [0.29, 0.717) is 38.3 Å². The number of rotatable bonds is 11. The Morgan fingerprint density at radius 1 is 0.745 bits per heavy atom. The van der Waals surface area contributed by atoms with Crippen LogP contribution in [0.25, 0.3) is 6.08 Å². The second-order valence-corrected chi connectivity index (χ2v) is 12.2. The fourth-order valence-electron chi connectivity index (χ4n) is 4.51. The van der Waals surface area contributed by atoms with Crippen molar-refractivity contribution in [3.05, 3.63) is 160 Å². The Morgan fingerprint density at radius 2 is 1.43 bits per heavy atom. The molecule has 0 saturated carbocycles. The highest BCUT2D eigenvalue weighted by atomic mass is 35.5. The molecule has 5 rings (SSSR count). The summed E-state index contributed by atoms with van der Waals surface area (Å²) in [5.74, 6) is -0.668. The maximum atomic E-state index is 13.5. The van der Waals surface area contributed by atoms with Gasteiger partial charge < -0.3 is 20.7 Å². The normalized spacial score (nSPS) is 11.7. The fourth-order valence-corrected chi connectivity index (χ4v) is 5.99. The van der Waals surface area contributed by atoms with Gasteiger partial charge in [-0.05, 0) is 83.9 Å². The number of hydrogen-bond donors (Lipinski definition) is 3. The van der Waals surface area contributed by atoms with Gasteiger partial charge in [-0.25, -0.2) is 0 Å². The molecule has 0 spiro atoms. The Balaban J connectivity index is 1.32. The number of benzene rings is 5. The van der Waals surface area contributed by atoms with Crippen molar-refractivity contribution in [1.29, 1.82) is 0 Å². The predicted octanol–water partition coefficient (Wildman–Crippen LogP) is 8.88. The zero-order valence-electron chi connectivity index (χ0n) is 25.1. The molecule has 0 aliphatic heterocycles. The molecule has 5 aromatic rings. The monoisotopic (exact) mass is 681 g/mol. The Morgan fingerprint density at radius 3 is 2.09 bits per heavy atom. The van der Waals surface area contributed by atoms with E-state index in [1.54, 1.807) is 91.0 Å². The van der Waals surface area contributed by atoms with Crippen LogP contribution in [0.5, 0.6) is 5.75 Å². The molecule has 10 heteroatoms. The molecule has 0 radical (unpaired) electrons. The highest BCUT2D eigenvalue weighted by molar-refractivity contribution is 8.00. The van der Waals surface area contributed by atoms with Crippen molar-refractivity contribution in [2.75, 3.05) is 17.7 Å². The van der Waals surface area contributed by atoms with Gasteiger partial charge in [0.25, 0.3) is 11.8 Å². The summed E-state index contributed by atoms with van der Waals surface area (Å²) in [6.45, 7) is 0. The van der Waals surface area contributed by atoms with E-state index >= 15 is 0 Å². The third kappa shape index (κ3) is 9.26. The van der Waals surface area contributed by atoms with Crippen molar-refractivity contribution in [2.24, 2.45) is 0 Å². The Hall–Kier alpha value is -5.02. The highest BCUT2D eigenvalue weighted by Gasteiger charge is 2.23. The summed E-state index contributed by atoms with van der Waals surface area (Å²) in [6.07, 6.45) is 1.56. The molecule has 47 heavy (non-hydrogen) atoms. The van der Waals surface area contributed by atoms with Gasteiger partial charge >= 0.3 is 0 Å². The number of carbonyl (C=O) groups excluding carboxylic acids is 3. The van der Waals surface area contributed by atoms with Crippen LogP contribution in [0.4, 0.5) is 11.4 Å². The van der Waals surface area contributed by atoms with Crippen LogP contribution in [-0.4, -0.2) is 24.8 Å². The summed E-state index contributed by atoms with van der Waals surface area (Å²) in [6, 6.07) is 37.2. The quantitative estimate of drug-likeness (QED) is 0.0956. The minimum atomic E-state index is -0.585. The van der Waals surface area contributed by atoms with Crippen molar-refractivity contribution >= 4 is 70.1 Å². The molecule has 0 aromatic heterocycles. The molecule has 3 N–H and O–H groups in total. The topological polar surface area (TPSA) is 96.5 Å². The maximum Gasteiger partial charge on any atom is 0.272 e. The van der Waals surface area contributed by atoms with Crippen molar-refractivity contribution in [3.8, 4) is 5.75 Å². The van der Waals surface area contributed by atoms with Crippen LogP contribution in [0, 0.1) is 0 Å². The minimum absolute atomic E-state index is 0.0408. The van der Waals surface area contributed by atoms with Crippen LogP contribution in [-0.2, 0) is 9.59 Å². The molecule has 236 valence electrons. The Kier molecular flexibility index (Phi) is 11.4. The number of carbonyl (C=O) groups is 3. The van der Waals surface area contributed by atoms with Crippen molar-refractivity contribution in [1.82, 2.24) is 5.32 Å². The van der Waals surface area contributed by atoms with Crippen LogP contribution in [0.1, 0.15) is 26.7 Å². The summed E-state index contributed by atoms with van der Waals surface area (Å²) >= 11 is 13.8. The molecular weight excluding hydrogens is 653 g/mol. The third-order valence-electron chi connectivity index (χ3n) is 6.81. The number of halogens is 2. The molecule has 7 nitrogen and oxygen atoms in total. The van der Waals surface area contributed by atoms with Crippen LogP contribution in [0.3, 0.4) is 0 Å². The number of thioether (sulfide) groups is 1. The van der Waals surface area contributed by atoms with Gasteiger partial charge in [-0.2, -0.15) is 0 Å². The lowest BCUT2D eigenvalue weighted by atomic mass is 10.1. The molecule has 0 saturated heterocycles. The molecule has 0 aliphatic carbocycles. The number of nitrogens with one attached hydrogen (secondary N) is 3. The van der Waals surface area contributed by atoms with E-state index in [2.05, 4.69) is 16.0 Å². The zero-order chi connectivity index (χ0) is 33.2. The number of methoxy groups -OCH3 is 1. The van der Waals surface area contributed by atoms with Gasteiger partial charge in [0.05, 0.1) is 12.1 Å². The second kappa shape index (κ2) is 16.0. The molecule has 0 heterocycles. The van der Waals surface area contributed by atoms with Gasteiger partial charge in [0.1, 0.15) is 16.7 Å². The lowest BCUT2D eigenvalue weighted by molar-refractivity contribution is -0.116. The Bertz CT molecular complexity index is 1900. The van der Waals surface area contributed by atoms with Crippen LogP contribution < -0.4 is 20.7 Å². The second-order valence-electron chi connectivity index (χ2n) is 10.2. The van der Waals surface area contributed by atoms with Crippen LogP contribution in [0.2, 0.25) is 10.0 Å². The summed E-state index contributed by atoms with van der Waals surface area (Å²) < 4.78 is 5.21. The average Bonchev–Trinajstić information content (AvgIpc) is 3.08. The largest absolute Gasteiger partial charge is 0.495 e. The van der Waals surface area contributed by atoms with E-state index in [1.807, 2.05) is 42.5 Å². The molecule has 5 aromatic carbocycles. The SMILES string of the molecule is COc1ccc(NC(=O)C(Sc2ccc(NC(=O)/C(=C/c3cccc(Cl)c3)NC(=O)c3ccccc3)cc2)c2ccccc2)cc1Cl. The molecule has 0 aliphatic rings. The molecular formula is C37H29Cl2N3O4S. The van der Waals surface area contributed by atoms with Crippen molar-refractivity contribution < 1.29 is 19.1 Å². The first-order valence-corrected chi connectivity index (χ1v) is 16.0. The van der Waals surface area contributed by atoms with E-state index in [1.165, 1.54) is 18.9 Å². The van der Waals surface area contributed by atoms with Crippen molar-refractivity contribution in [2.45, 2.75) is 10.1 Å². The number of anilines is 2. The standard InChI is InChI=1S/C37H29Cl2N3O4S/c1-46-33-20-17-29(23-31(33)39)41-37(45)34(25-10-4-2-5-11-25)47-30-18-15-28(16-19-30)40-36(44)32(22-24-9-8-14-27(38)21-24)42-35(43)26-12-6-3-7-13-26/h2-23,34H,1H3,(H,40,44)(H,41,45)(H,42,43)/b32-22-. The average molecular weight is 683 g/mol. The molecule has 1 unspecified atom stereocenters. The van der Waals surface area contributed by atoms with Crippen LogP contribution in [0.15, 0.2) is 138 Å². The number of hydrogen-bond acceptors (Lipinski definition) is 5. The van der Waals surface area contributed by atoms with Gasteiger partial charge in [0.15, 0.2) is 0 Å². The first-order valence-electron chi connectivity index (χ1n) is 14.4. The predicted molar refractivity (Wildman–Crippen MR) is 190 cm³/mol. The number of ether oxygens (including phenoxy) is 1. The molecule has 0 fully saturated rings. The van der Waals surface area contributed by atoms with Gasteiger partial charge in [-0.1, -0.05) is 83.9 Å². The number of amides is 3. The zero-order valence-corrected chi connectivity index (χ0v) is 27.4. The Labute approximate surface area is 287 Å². The van der Waals surface area contributed by atoms with E-state index in [4.69, 9.17) is 27.9 Å². The third-order valence-corrected chi connectivity index (χ3v) is 8.61. The minimum Gasteiger partial charge on any atom is -0.495 e. The molecule has 0 bridgehead atoms. The maximum absolute atomic E-state index is 13.5. The summed E-state index contributed by atoms with van der Waals surface area (Å²) in [5, 5.41) is 8.82. The smallest absolute Gasteiger partial charge is 0.272 e.